The summed E-state index contributed by atoms with van der Waals surface area (Å²) in [5, 5.41) is 8.36. The van der Waals surface area contributed by atoms with Gasteiger partial charge in [-0.05, 0) is 31.9 Å². The highest BCUT2D eigenvalue weighted by molar-refractivity contribution is 6.07. The lowest BCUT2D eigenvalue weighted by atomic mass is 10.0. The molecule has 0 atom stereocenters. The van der Waals surface area contributed by atoms with Gasteiger partial charge in [-0.2, -0.15) is 5.10 Å². The average Bonchev–Trinajstić information content (AvgIpc) is 3.02. The molecule has 0 bridgehead atoms. The monoisotopic (exact) mass is 384 g/mol. The quantitative estimate of drug-likeness (QED) is 0.560. The molecular weight excluding hydrogens is 360 g/mol. The highest BCUT2D eigenvalue weighted by Gasteiger charge is 2.19. The molecule has 1 amide bonds. The van der Waals surface area contributed by atoms with Crippen LogP contribution in [0.1, 0.15) is 27.2 Å². The minimum absolute atomic E-state index is 0.0988. The third kappa shape index (κ3) is 3.90. The highest BCUT2D eigenvalue weighted by Crippen LogP contribution is 2.26. The van der Waals surface area contributed by atoms with E-state index in [1.807, 2.05) is 56.4 Å². The van der Waals surface area contributed by atoms with Crippen LogP contribution in [0.5, 0.6) is 0 Å². The molecule has 0 aliphatic heterocycles. The molecule has 0 aliphatic carbocycles. The third-order valence-electron chi connectivity index (χ3n) is 5.06. The average molecular weight is 384 g/mol. The number of carbonyl (C=O) groups is 1. The summed E-state index contributed by atoms with van der Waals surface area (Å²) >= 11 is 0. The number of aromatic nitrogens is 3. The predicted molar refractivity (Wildman–Crippen MR) is 116 cm³/mol. The van der Waals surface area contributed by atoms with Crippen LogP contribution in [0.2, 0.25) is 0 Å². The van der Waals surface area contributed by atoms with Crippen LogP contribution in [0.15, 0.2) is 60.7 Å². The number of rotatable bonds is 5. The molecule has 0 aliphatic rings. The third-order valence-corrected chi connectivity index (χ3v) is 5.06. The lowest BCUT2D eigenvalue weighted by molar-refractivity contribution is 0.0955. The summed E-state index contributed by atoms with van der Waals surface area (Å²) < 4.78 is 1.74. The Morgan fingerprint density at radius 1 is 1.03 bits per heavy atom. The first-order valence-corrected chi connectivity index (χ1v) is 9.76. The molecule has 2 aromatic carbocycles. The molecule has 29 heavy (non-hydrogen) atoms. The van der Waals surface area contributed by atoms with Gasteiger partial charge in [-0.25, -0.2) is 4.98 Å². The molecule has 2 aromatic heterocycles. The summed E-state index contributed by atoms with van der Waals surface area (Å²) in [5.74, 6) is -0.0988. The van der Waals surface area contributed by atoms with Crippen molar-refractivity contribution in [3.05, 3.63) is 83.0 Å². The maximum absolute atomic E-state index is 13.1. The van der Waals surface area contributed by atoms with Crippen molar-refractivity contribution in [3.8, 4) is 11.3 Å². The van der Waals surface area contributed by atoms with Crippen molar-refractivity contribution >= 4 is 16.9 Å². The second-order valence-corrected chi connectivity index (χ2v) is 7.32. The number of nitrogens with zero attached hydrogens (tertiary/aromatic N) is 3. The van der Waals surface area contributed by atoms with Crippen molar-refractivity contribution in [1.82, 2.24) is 20.1 Å². The number of carbonyl (C=O) groups excluding carboxylic acids is 1. The summed E-state index contributed by atoms with van der Waals surface area (Å²) in [4.78, 5) is 17.9. The van der Waals surface area contributed by atoms with Crippen molar-refractivity contribution < 1.29 is 4.79 Å². The molecule has 1 N–H and O–H groups in total. The van der Waals surface area contributed by atoms with Crippen molar-refractivity contribution in [2.24, 2.45) is 7.05 Å². The van der Waals surface area contributed by atoms with Crippen LogP contribution in [0.4, 0.5) is 0 Å². The van der Waals surface area contributed by atoms with Crippen LogP contribution in [-0.4, -0.2) is 27.2 Å². The molecule has 4 aromatic rings. The van der Waals surface area contributed by atoms with Gasteiger partial charge in [0.05, 0.1) is 22.3 Å². The standard InChI is InChI=1S/C24H24N4O/c1-16-8-7-9-18(14-16)12-13-25-24(29)20-15-21(19-10-5-4-6-11-19)26-23-22(20)17(2)27-28(23)3/h4-11,14-15H,12-13H2,1-3H3,(H,25,29). The lowest BCUT2D eigenvalue weighted by Gasteiger charge is -2.10. The van der Waals surface area contributed by atoms with E-state index in [-0.39, 0.29) is 5.91 Å². The predicted octanol–water partition coefficient (Wildman–Crippen LogP) is 4.22. The van der Waals surface area contributed by atoms with E-state index < -0.39 is 0 Å². The number of fused-ring (bicyclic) bond motifs is 1. The summed E-state index contributed by atoms with van der Waals surface area (Å²) in [5.41, 5.74) is 6.32. The Kier molecular flexibility index (Phi) is 5.12. The van der Waals surface area contributed by atoms with Gasteiger partial charge in [-0.3, -0.25) is 9.48 Å². The van der Waals surface area contributed by atoms with Crippen molar-refractivity contribution in [3.63, 3.8) is 0 Å². The van der Waals surface area contributed by atoms with Crippen LogP contribution in [-0.2, 0) is 13.5 Å². The second-order valence-electron chi connectivity index (χ2n) is 7.32. The fraction of sp³-hybridized carbons (Fsp3) is 0.208. The zero-order chi connectivity index (χ0) is 20.4. The number of hydrogen-bond acceptors (Lipinski definition) is 3. The van der Waals surface area contributed by atoms with E-state index in [0.29, 0.717) is 17.8 Å². The Labute approximate surface area is 170 Å². The zero-order valence-corrected chi connectivity index (χ0v) is 16.9. The molecular formula is C24H24N4O. The fourth-order valence-electron chi connectivity index (χ4n) is 3.66. The maximum Gasteiger partial charge on any atom is 0.252 e. The number of aryl methyl sites for hydroxylation is 3. The van der Waals surface area contributed by atoms with Crippen LogP contribution >= 0.6 is 0 Å². The number of pyridine rings is 1. The number of amides is 1. The molecule has 0 spiro atoms. The van der Waals surface area contributed by atoms with Crippen molar-refractivity contribution in [2.45, 2.75) is 20.3 Å². The molecule has 5 nitrogen and oxygen atoms in total. The SMILES string of the molecule is Cc1cccc(CCNC(=O)c2cc(-c3ccccc3)nc3c2c(C)nn3C)c1. The van der Waals surface area contributed by atoms with E-state index >= 15 is 0 Å². The number of hydrogen-bond donors (Lipinski definition) is 1. The molecule has 2 heterocycles. The van der Waals surface area contributed by atoms with E-state index in [0.717, 1.165) is 28.8 Å². The van der Waals surface area contributed by atoms with Gasteiger partial charge in [0, 0.05) is 19.2 Å². The second kappa shape index (κ2) is 7.87. The Morgan fingerprint density at radius 2 is 1.83 bits per heavy atom. The van der Waals surface area contributed by atoms with Crippen LogP contribution in [0.25, 0.3) is 22.3 Å². The van der Waals surface area contributed by atoms with Crippen molar-refractivity contribution in [1.29, 1.82) is 0 Å². The first-order valence-electron chi connectivity index (χ1n) is 9.76. The van der Waals surface area contributed by atoms with Gasteiger partial charge < -0.3 is 5.32 Å². The molecule has 0 saturated heterocycles. The van der Waals surface area contributed by atoms with Gasteiger partial charge >= 0.3 is 0 Å². The first kappa shape index (κ1) is 18.9. The van der Waals surface area contributed by atoms with Gasteiger partial charge in [0.2, 0.25) is 0 Å². The summed E-state index contributed by atoms with van der Waals surface area (Å²) in [6.07, 6.45) is 0.791. The normalized spacial score (nSPS) is 11.0. The van der Waals surface area contributed by atoms with E-state index in [2.05, 4.69) is 35.5 Å². The maximum atomic E-state index is 13.1. The Balaban J connectivity index is 1.65. The van der Waals surface area contributed by atoms with E-state index in [1.165, 1.54) is 11.1 Å². The molecule has 0 fully saturated rings. The highest BCUT2D eigenvalue weighted by atomic mass is 16.1. The van der Waals surface area contributed by atoms with Crippen LogP contribution < -0.4 is 5.32 Å². The van der Waals surface area contributed by atoms with Gasteiger partial charge in [0.15, 0.2) is 5.65 Å². The summed E-state index contributed by atoms with van der Waals surface area (Å²) in [6.45, 7) is 4.56. The van der Waals surface area contributed by atoms with Crippen LogP contribution in [0.3, 0.4) is 0 Å². The first-order chi connectivity index (χ1) is 14.0. The Morgan fingerprint density at radius 3 is 2.59 bits per heavy atom. The minimum Gasteiger partial charge on any atom is -0.352 e. The lowest BCUT2D eigenvalue weighted by Crippen LogP contribution is -2.26. The summed E-state index contributed by atoms with van der Waals surface area (Å²) in [7, 11) is 1.86. The van der Waals surface area contributed by atoms with Crippen molar-refractivity contribution in [2.75, 3.05) is 6.54 Å². The topological polar surface area (TPSA) is 59.8 Å². The minimum atomic E-state index is -0.0988. The Bertz CT molecular complexity index is 1180. The molecule has 5 heteroatoms. The van der Waals surface area contributed by atoms with Gasteiger partial charge in [0.25, 0.3) is 5.91 Å². The van der Waals surface area contributed by atoms with Gasteiger partial charge in [-0.15, -0.1) is 0 Å². The number of benzene rings is 2. The summed E-state index contributed by atoms with van der Waals surface area (Å²) in [6, 6.07) is 20.1. The van der Waals surface area contributed by atoms with E-state index in [4.69, 9.17) is 4.98 Å². The Hall–Kier alpha value is -3.47. The largest absolute Gasteiger partial charge is 0.352 e. The van der Waals surface area contributed by atoms with E-state index in [1.54, 1.807) is 4.68 Å². The molecule has 0 saturated carbocycles. The fourth-order valence-corrected chi connectivity index (χ4v) is 3.66. The van der Waals surface area contributed by atoms with Crippen LogP contribution in [0, 0.1) is 13.8 Å². The van der Waals surface area contributed by atoms with Gasteiger partial charge in [-0.1, -0.05) is 60.2 Å². The molecule has 4 rings (SSSR count). The van der Waals surface area contributed by atoms with E-state index in [9.17, 15) is 4.79 Å². The van der Waals surface area contributed by atoms with Gasteiger partial charge in [0.1, 0.15) is 0 Å². The molecule has 0 unspecified atom stereocenters. The molecule has 0 radical (unpaired) electrons. The zero-order valence-electron chi connectivity index (χ0n) is 16.9. The smallest absolute Gasteiger partial charge is 0.252 e. The molecule has 146 valence electrons. The number of nitrogens with one attached hydrogen (secondary N) is 1.